The Bertz CT molecular complexity index is 141. The molecule has 0 rings (SSSR count). The zero-order chi connectivity index (χ0) is 9.33. The molecule has 0 aliphatic heterocycles. The van der Waals surface area contributed by atoms with Crippen molar-refractivity contribution in [1.82, 2.24) is 0 Å². The molecule has 11 heavy (non-hydrogen) atoms. The molecule has 4 nitrogen and oxygen atoms in total. The maximum atomic E-state index is 8.97. The summed E-state index contributed by atoms with van der Waals surface area (Å²) in [5, 5.41) is 3.88. The van der Waals surface area contributed by atoms with Crippen molar-refractivity contribution in [3.63, 3.8) is 0 Å². The van der Waals surface area contributed by atoms with Crippen molar-refractivity contribution in [3.05, 3.63) is 0 Å². The Morgan fingerprint density at radius 2 is 1.36 bits per heavy atom. The van der Waals surface area contributed by atoms with E-state index in [1.807, 2.05) is 0 Å². The third-order valence-corrected chi connectivity index (χ3v) is 0.957. The van der Waals surface area contributed by atoms with Crippen LogP contribution in [0.2, 0.25) is 0 Å². The molecular formula is C6H17NO3S. The Hall–Kier alpha value is -0.130. The molecular weight excluding hydrogens is 166 g/mol. The molecule has 0 spiro atoms. The molecule has 0 fully saturated rings. The van der Waals surface area contributed by atoms with Gasteiger partial charge in [0.25, 0.3) is 0 Å². The molecule has 0 amide bonds. The summed E-state index contributed by atoms with van der Waals surface area (Å²) in [4.78, 5) is 0. The lowest BCUT2D eigenvalue weighted by molar-refractivity contribution is 0.485. The topological polar surface area (TPSA) is 80.4 Å². The van der Waals surface area contributed by atoms with Crippen molar-refractivity contribution in [2.45, 2.75) is 39.5 Å². The van der Waals surface area contributed by atoms with E-state index in [1.165, 1.54) is 25.7 Å². The van der Waals surface area contributed by atoms with E-state index < -0.39 is 10.3 Å². The molecule has 0 bridgehead atoms. The third kappa shape index (κ3) is 74.2. The van der Waals surface area contributed by atoms with E-state index in [2.05, 4.69) is 19.0 Å². The van der Waals surface area contributed by atoms with Crippen molar-refractivity contribution in [3.8, 4) is 0 Å². The van der Waals surface area contributed by atoms with E-state index in [0.29, 0.717) is 0 Å². The van der Waals surface area contributed by atoms with Gasteiger partial charge in [-0.1, -0.05) is 39.5 Å². The van der Waals surface area contributed by atoms with E-state index in [9.17, 15) is 0 Å². The Balaban J connectivity index is 0. The van der Waals surface area contributed by atoms with Crippen LogP contribution in [0.3, 0.4) is 0 Å². The lowest BCUT2D eigenvalue weighted by Gasteiger charge is -1.86. The summed E-state index contributed by atoms with van der Waals surface area (Å²) < 4.78 is 25.2. The van der Waals surface area contributed by atoms with Gasteiger partial charge in [-0.05, 0) is 0 Å². The lowest BCUT2D eigenvalue weighted by atomic mass is 10.2. The van der Waals surface area contributed by atoms with Gasteiger partial charge in [0.15, 0.2) is 0 Å². The summed E-state index contributed by atoms with van der Waals surface area (Å²) in [7, 11) is -4.17. The largest absolute Gasteiger partial charge is 0.330 e. The van der Waals surface area contributed by atoms with Crippen molar-refractivity contribution < 1.29 is 13.0 Å². The van der Waals surface area contributed by atoms with Crippen molar-refractivity contribution in [2.24, 2.45) is 5.14 Å². The van der Waals surface area contributed by atoms with E-state index in [4.69, 9.17) is 13.0 Å². The zero-order valence-electron chi connectivity index (χ0n) is 7.08. The first-order valence-corrected chi connectivity index (χ1v) is 5.17. The maximum Gasteiger partial charge on any atom is 0.330 e. The average Bonchev–Trinajstić information content (AvgIpc) is 1.79. The molecule has 5 heteroatoms. The molecule has 0 aromatic carbocycles. The Morgan fingerprint density at radius 1 is 1.18 bits per heavy atom. The van der Waals surface area contributed by atoms with Crippen LogP contribution in [0.15, 0.2) is 0 Å². The van der Waals surface area contributed by atoms with Crippen molar-refractivity contribution in [2.75, 3.05) is 0 Å². The number of nitrogens with two attached hydrogens (primary N) is 1. The Labute approximate surface area is 68.7 Å². The molecule has 0 saturated carbocycles. The highest BCUT2D eigenvalue weighted by Gasteiger charge is 1.81. The van der Waals surface area contributed by atoms with E-state index in [1.54, 1.807) is 0 Å². The molecule has 0 radical (unpaired) electrons. The van der Waals surface area contributed by atoms with Crippen LogP contribution >= 0.6 is 0 Å². The van der Waals surface area contributed by atoms with Crippen LogP contribution in [-0.2, 0) is 10.3 Å². The highest BCUT2D eigenvalue weighted by Crippen LogP contribution is 1.95. The highest BCUT2D eigenvalue weighted by atomic mass is 32.2. The minimum absolute atomic E-state index is 1.36. The van der Waals surface area contributed by atoms with Crippen molar-refractivity contribution in [1.29, 1.82) is 0 Å². The smallest absolute Gasteiger partial charge is 0.274 e. The molecule has 0 unspecified atom stereocenters. The summed E-state index contributed by atoms with van der Waals surface area (Å²) in [6, 6.07) is 0. The molecule has 0 aromatic rings. The number of unbranched alkanes of at least 4 members (excludes halogenated alkanes) is 3. The molecule has 0 aliphatic rings. The summed E-state index contributed by atoms with van der Waals surface area (Å²) in [5.74, 6) is 0. The molecule has 0 saturated heterocycles. The second-order valence-electron chi connectivity index (χ2n) is 2.22. The predicted octanol–water partition coefficient (Wildman–Crippen LogP) is 1.33. The van der Waals surface area contributed by atoms with Gasteiger partial charge in [0, 0.05) is 0 Å². The molecule has 3 N–H and O–H groups in total. The fourth-order valence-corrected chi connectivity index (χ4v) is 0.500. The highest BCUT2D eigenvalue weighted by molar-refractivity contribution is 7.83. The molecule has 0 aliphatic carbocycles. The van der Waals surface area contributed by atoms with Crippen LogP contribution in [0.4, 0.5) is 0 Å². The quantitative estimate of drug-likeness (QED) is 0.511. The standard InChI is InChI=1S/C6H14.H3NO3S/c1-3-5-6-4-2;1-5(2,3)4/h3-6H2,1-2H3;(H3,1,2,3,4). The Kier molecular flexibility index (Phi) is 9.75. The third-order valence-electron chi connectivity index (χ3n) is 0.957. The summed E-state index contributed by atoms with van der Waals surface area (Å²) in [6.07, 6.45) is 5.54. The normalized spacial score (nSPS) is 10.2. The second-order valence-corrected chi connectivity index (χ2v) is 3.25. The molecule has 0 heterocycles. The van der Waals surface area contributed by atoms with E-state index in [0.717, 1.165) is 0 Å². The maximum absolute atomic E-state index is 8.97. The zero-order valence-corrected chi connectivity index (χ0v) is 7.89. The molecule has 70 valence electrons. The van der Waals surface area contributed by atoms with Gasteiger partial charge in [0.05, 0.1) is 0 Å². The Morgan fingerprint density at radius 3 is 1.45 bits per heavy atom. The first kappa shape index (κ1) is 13.5. The number of rotatable bonds is 3. The lowest BCUT2D eigenvalue weighted by Crippen LogP contribution is -2.08. The van der Waals surface area contributed by atoms with Gasteiger partial charge in [-0.15, -0.1) is 0 Å². The fourth-order valence-electron chi connectivity index (χ4n) is 0.500. The van der Waals surface area contributed by atoms with Crippen LogP contribution < -0.4 is 5.14 Å². The van der Waals surface area contributed by atoms with Crippen LogP contribution in [0, 0.1) is 0 Å². The average molecular weight is 183 g/mol. The van der Waals surface area contributed by atoms with Gasteiger partial charge in [-0.3, -0.25) is 4.55 Å². The first-order chi connectivity index (χ1) is 4.91. The van der Waals surface area contributed by atoms with Gasteiger partial charge in [0.2, 0.25) is 0 Å². The van der Waals surface area contributed by atoms with Gasteiger partial charge in [0.1, 0.15) is 0 Å². The first-order valence-electron chi connectivity index (χ1n) is 3.67. The monoisotopic (exact) mass is 183 g/mol. The van der Waals surface area contributed by atoms with Crippen LogP contribution in [-0.4, -0.2) is 13.0 Å². The molecule has 0 atom stereocenters. The van der Waals surface area contributed by atoms with Crippen LogP contribution in [0.5, 0.6) is 0 Å². The SMILES string of the molecule is CCCCCC.NS(=O)(=O)O. The summed E-state index contributed by atoms with van der Waals surface area (Å²) in [5.41, 5.74) is 0. The summed E-state index contributed by atoms with van der Waals surface area (Å²) >= 11 is 0. The van der Waals surface area contributed by atoms with Gasteiger partial charge in [-0.2, -0.15) is 8.42 Å². The number of hydrogen-bond acceptors (Lipinski definition) is 2. The van der Waals surface area contributed by atoms with Gasteiger partial charge in [-0.25, -0.2) is 5.14 Å². The van der Waals surface area contributed by atoms with E-state index >= 15 is 0 Å². The summed E-state index contributed by atoms with van der Waals surface area (Å²) in [6.45, 7) is 4.46. The predicted molar refractivity (Wildman–Crippen MR) is 45.6 cm³/mol. The number of hydrogen-bond donors (Lipinski definition) is 2. The second kappa shape index (κ2) is 7.97. The molecule has 0 aromatic heterocycles. The fraction of sp³-hybridized carbons (Fsp3) is 1.00. The van der Waals surface area contributed by atoms with E-state index in [-0.39, 0.29) is 0 Å². The van der Waals surface area contributed by atoms with Crippen LogP contribution in [0.1, 0.15) is 39.5 Å². The van der Waals surface area contributed by atoms with Crippen molar-refractivity contribution >= 4 is 10.3 Å². The van der Waals surface area contributed by atoms with Crippen LogP contribution in [0.25, 0.3) is 0 Å². The van der Waals surface area contributed by atoms with Gasteiger partial charge < -0.3 is 0 Å². The van der Waals surface area contributed by atoms with Gasteiger partial charge >= 0.3 is 10.3 Å². The minimum atomic E-state index is -4.17. The minimum Gasteiger partial charge on any atom is -0.274 e.